The first-order valence-electron chi connectivity index (χ1n) is 6.06. The highest BCUT2D eigenvalue weighted by Crippen LogP contribution is 2.23. The zero-order chi connectivity index (χ0) is 13.8. The van der Waals surface area contributed by atoms with E-state index in [9.17, 15) is 10.1 Å². The molecule has 0 amide bonds. The van der Waals surface area contributed by atoms with Gasteiger partial charge >= 0.3 is 0 Å². The zero-order valence-electron chi connectivity index (χ0n) is 11.3. The molecule has 6 nitrogen and oxygen atoms in total. The lowest BCUT2D eigenvalue weighted by Crippen LogP contribution is -2.30. The Kier molecular flexibility index (Phi) is 4.47. The molecule has 0 atom stereocenters. The molecule has 0 saturated carbocycles. The van der Waals surface area contributed by atoms with Crippen LogP contribution in [0.5, 0.6) is 0 Å². The topological polar surface area (TPSA) is 80.1 Å². The van der Waals surface area contributed by atoms with E-state index < -0.39 is 4.92 Å². The first-order chi connectivity index (χ1) is 8.38. The molecule has 0 aliphatic heterocycles. The van der Waals surface area contributed by atoms with E-state index >= 15 is 0 Å². The van der Waals surface area contributed by atoms with Crippen LogP contribution in [0, 0.1) is 10.1 Å². The molecule has 6 heteroatoms. The van der Waals surface area contributed by atoms with Crippen LogP contribution in [-0.2, 0) is 0 Å². The van der Waals surface area contributed by atoms with E-state index in [4.69, 9.17) is 0 Å². The van der Waals surface area contributed by atoms with Crippen molar-refractivity contribution in [1.29, 1.82) is 0 Å². The summed E-state index contributed by atoms with van der Waals surface area (Å²) < 4.78 is 0. The Morgan fingerprint density at radius 1 is 1.33 bits per heavy atom. The second-order valence-corrected chi connectivity index (χ2v) is 4.75. The summed E-state index contributed by atoms with van der Waals surface area (Å²) in [7, 11) is 0. The quantitative estimate of drug-likeness (QED) is 0.601. The highest BCUT2D eigenvalue weighted by molar-refractivity contribution is 5.55. The lowest BCUT2D eigenvalue weighted by atomic mass is 10.0. The number of nitro groups is 1. The highest BCUT2D eigenvalue weighted by Gasteiger charge is 2.18. The summed E-state index contributed by atoms with van der Waals surface area (Å²) in [5, 5.41) is 17.1. The summed E-state index contributed by atoms with van der Waals surface area (Å²) in [6, 6.07) is 2.89. The third kappa shape index (κ3) is 3.87. The Morgan fingerprint density at radius 3 is 2.44 bits per heavy atom. The second kappa shape index (κ2) is 5.66. The van der Waals surface area contributed by atoms with Gasteiger partial charge in [0.15, 0.2) is 0 Å². The van der Waals surface area contributed by atoms with Crippen LogP contribution < -0.4 is 10.6 Å². The summed E-state index contributed by atoms with van der Waals surface area (Å²) in [5.74, 6) is 1.04. The van der Waals surface area contributed by atoms with Crippen LogP contribution in [0.2, 0.25) is 0 Å². The van der Waals surface area contributed by atoms with Crippen molar-refractivity contribution < 1.29 is 4.92 Å². The molecule has 1 aromatic rings. The molecule has 0 spiro atoms. The number of pyridine rings is 1. The molecule has 0 aromatic carbocycles. The zero-order valence-corrected chi connectivity index (χ0v) is 11.3. The van der Waals surface area contributed by atoms with Crippen LogP contribution >= 0.6 is 0 Å². The Hall–Kier alpha value is -1.85. The predicted octanol–water partition coefficient (Wildman–Crippen LogP) is 3.02. The van der Waals surface area contributed by atoms with Crippen LogP contribution in [0.1, 0.15) is 34.1 Å². The van der Waals surface area contributed by atoms with Gasteiger partial charge in [0.1, 0.15) is 11.6 Å². The minimum absolute atomic E-state index is 0.0374. The number of nitrogens with one attached hydrogen (secondary N) is 2. The fraction of sp³-hybridized carbons (Fsp3) is 0.583. The number of hydrogen-bond acceptors (Lipinski definition) is 5. The summed E-state index contributed by atoms with van der Waals surface area (Å²) in [6.07, 6.45) is 0.897. The average Bonchev–Trinajstić information content (AvgIpc) is 2.28. The molecule has 1 rings (SSSR count). The van der Waals surface area contributed by atoms with E-state index in [1.807, 2.05) is 20.8 Å². The van der Waals surface area contributed by atoms with Crippen molar-refractivity contribution in [3.63, 3.8) is 0 Å². The Labute approximate surface area is 107 Å². The van der Waals surface area contributed by atoms with Gasteiger partial charge in [-0.25, -0.2) is 4.98 Å². The van der Waals surface area contributed by atoms with Gasteiger partial charge in [0, 0.05) is 12.1 Å². The molecular formula is C12H20N4O2. The van der Waals surface area contributed by atoms with Crippen LogP contribution in [0.3, 0.4) is 0 Å². The smallest absolute Gasteiger partial charge is 0.276 e. The average molecular weight is 252 g/mol. The molecule has 0 aliphatic carbocycles. The number of hydrogen-bond donors (Lipinski definition) is 2. The highest BCUT2D eigenvalue weighted by atomic mass is 16.6. The van der Waals surface area contributed by atoms with Gasteiger partial charge in [0.25, 0.3) is 5.69 Å². The van der Waals surface area contributed by atoms with Gasteiger partial charge in [0.2, 0.25) is 0 Å². The maximum Gasteiger partial charge on any atom is 0.276 e. The van der Waals surface area contributed by atoms with Gasteiger partial charge in [-0.2, -0.15) is 0 Å². The maximum atomic E-state index is 10.9. The van der Waals surface area contributed by atoms with Crippen molar-refractivity contribution in [2.24, 2.45) is 0 Å². The van der Waals surface area contributed by atoms with Crippen molar-refractivity contribution in [2.45, 2.75) is 39.7 Å². The summed E-state index contributed by atoms with van der Waals surface area (Å²) in [5.41, 5.74) is -0.110. The molecule has 0 radical (unpaired) electrons. The molecule has 1 aromatic heterocycles. The Balaban J connectivity index is 3.06. The van der Waals surface area contributed by atoms with Crippen molar-refractivity contribution in [3.8, 4) is 0 Å². The molecule has 0 bridgehead atoms. The monoisotopic (exact) mass is 252 g/mol. The predicted molar refractivity (Wildman–Crippen MR) is 73.0 cm³/mol. The first-order valence-corrected chi connectivity index (χ1v) is 6.06. The largest absolute Gasteiger partial charge is 0.370 e. The van der Waals surface area contributed by atoms with E-state index in [2.05, 4.69) is 22.5 Å². The molecule has 18 heavy (non-hydrogen) atoms. The summed E-state index contributed by atoms with van der Waals surface area (Å²) >= 11 is 0. The minimum atomic E-state index is -0.410. The molecule has 0 saturated heterocycles. The van der Waals surface area contributed by atoms with Gasteiger partial charge in [0.05, 0.1) is 17.1 Å². The number of aromatic nitrogens is 1. The first kappa shape index (κ1) is 14.2. The van der Waals surface area contributed by atoms with Crippen LogP contribution in [0.4, 0.5) is 17.3 Å². The van der Waals surface area contributed by atoms with Crippen molar-refractivity contribution >= 4 is 17.3 Å². The molecule has 1 heterocycles. The molecule has 100 valence electrons. The van der Waals surface area contributed by atoms with Gasteiger partial charge in [-0.3, -0.25) is 10.1 Å². The van der Waals surface area contributed by atoms with E-state index in [1.165, 1.54) is 12.1 Å². The second-order valence-electron chi connectivity index (χ2n) is 4.75. The van der Waals surface area contributed by atoms with E-state index in [0.717, 1.165) is 6.42 Å². The van der Waals surface area contributed by atoms with Gasteiger partial charge in [-0.1, -0.05) is 6.92 Å². The third-order valence-electron chi connectivity index (χ3n) is 2.73. The molecule has 2 N–H and O–H groups in total. The lowest BCUT2D eigenvalue weighted by molar-refractivity contribution is -0.384. The number of anilines is 2. The SMILES string of the molecule is CCNc1cc([N+](=O)[O-])cc(NC(C)(C)CC)n1. The Bertz CT molecular complexity index is 432. The summed E-state index contributed by atoms with van der Waals surface area (Å²) in [4.78, 5) is 14.8. The van der Waals surface area contributed by atoms with Crippen molar-refractivity contribution in [3.05, 3.63) is 22.2 Å². The maximum absolute atomic E-state index is 10.9. The van der Waals surface area contributed by atoms with Crippen LogP contribution in [-0.4, -0.2) is 22.0 Å². The third-order valence-corrected chi connectivity index (χ3v) is 2.73. The standard InChI is InChI=1S/C12H20N4O2/c1-5-12(3,4)15-11-8-9(16(17)18)7-10(14-11)13-6-2/h7-8H,5-6H2,1-4H3,(H2,13,14,15). The van der Waals surface area contributed by atoms with E-state index in [-0.39, 0.29) is 11.2 Å². The van der Waals surface area contributed by atoms with Gasteiger partial charge in [-0.05, 0) is 27.2 Å². The van der Waals surface area contributed by atoms with Gasteiger partial charge < -0.3 is 10.6 Å². The van der Waals surface area contributed by atoms with Gasteiger partial charge in [-0.15, -0.1) is 0 Å². The fourth-order valence-corrected chi connectivity index (χ4v) is 1.39. The fourth-order valence-electron chi connectivity index (χ4n) is 1.39. The molecule has 0 unspecified atom stereocenters. The van der Waals surface area contributed by atoms with Crippen molar-refractivity contribution in [2.75, 3.05) is 17.2 Å². The van der Waals surface area contributed by atoms with E-state index in [0.29, 0.717) is 18.2 Å². The minimum Gasteiger partial charge on any atom is -0.370 e. The Morgan fingerprint density at radius 2 is 1.94 bits per heavy atom. The number of nitrogens with zero attached hydrogens (tertiary/aromatic N) is 2. The molecule has 0 aliphatic rings. The van der Waals surface area contributed by atoms with E-state index in [1.54, 1.807) is 0 Å². The molecular weight excluding hydrogens is 232 g/mol. The number of rotatable bonds is 6. The normalized spacial score (nSPS) is 11.1. The van der Waals surface area contributed by atoms with Crippen LogP contribution in [0.15, 0.2) is 12.1 Å². The molecule has 0 fully saturated rings. The summed E-state index contributed by atoms with van der Waals surface area (Å²) in [6.45, 7) is 8.70. The van der Waals surface area contributed by atoms with Crippen molar-refractivity contribution in [1.82, 2.24) is 4.98 Å². The van der Waals surface area contributed by atoms with Crippen LogP contribution in [0.25, 0.3) is 0 Å². The lowest BCUT2D eigenvalue weighted by Gasteiger charge is -2.25.